The highest BCUT2D eigenvalue weighted by atomic mass is 79.9. The maximum absolute atomic E-state index is 13.1. The second kappa shape index (κ2) is 6.16. The van der Waals surface area contributed by atoms with Gasteiger partial charge >= 0.3 is 5.97 Å². The number of anilines is 1. The Bertz CT molecular complexity index is 600. The first-order valence-corrected chi connectivity index (χ1v) is 7.14. The highest BCUT2D eigenvalue weighted by molar-refractivity contribution is 9.10. The number of hydrogen-bond acceptors (Lipinski definition) is 3. The van der Waals surface area contributed by atoms with Crippen LogP contribution in [-0.4, -0.2) is 11.1 Å². The van der Waals surface area contributed by atoms with Crippen molar-refractivity contribution in [2.45, 2.75) is 13.0 Å². The van der Waals surface area contributed by atoms with Crippen molar-refractivity contribution in [1.82, 2.24) is 0 Å². The summed E-state index contributed by atoms with van der Waals surface area (Å²) in [5.41, 5.74) is 0.674. The van der Waals surface area contributed by atoms with Crippen LogP contribution in [0.25, 0.3) is 0 Å². The number of carboxylic acid groups (broad SMARTS) is 1. The van der Waals surface area contributed by atoms with Crippen molar-refractivity contribution < 1.29 is 14.3 Å². The van der Waals surface area contributed by atoms with Gasteiger partial charge in [0.25, 0.3) is 0 Å². The van der Waals surface area contributed by atoms with Crippen LogP contribution in [0.5, 0.6) is 0 Å². The molecule has 2 aromatic rings. The summed E-state index contributed by atoms with van der Waals surface area (Å²) in [6.45, 7) is 0.534. The third-order valence-electron chi connectivity index (χ3n) is 2.42. The van der Waals surface area contributed by atoms with Crippen LogP contribution in [0.1, 0.15) is 9.75 Å². The second-order valence-electron chi connectivity index (χ2n) is 3.92. The predicted octanol–water partition coefficient (Wildman–Crippen LogP) is 3.89. The normalized spacial score (nSPS) is 10.4. The average molecular weight is 344 g/mol. The summed E-state index contributed by atoms with van der Waals surface area (Å²) in [6, 6.07) is 8.11. The van der Waals surface area contributed by atoms with E-state index in [4.69, 9.17) is 5.11 Å². The average Bonchev–Trinajstić information content (AvgIpc) is 2.77. The summed E-state index contributed by atoms with van der Waals surface area (Å²) >= 11 is 4.78. The Hall–Kier alpha value is -1.40. The zero-order chi connectivity index (χ0) is 13.8. The molecule has 0 spiro atoms. The van der Waals surface area contributed by atoms with E-state index in [0.717, 1.165) is 14.2 Å². The lowest BCUT2D eigenvalue weighted by molar-refractivity contribution is -0.136. The molecule has 1 aromatic heterocycles. The zero-order valence-electron chi connectivity index (χ0n) is 9.82. The highest BCUT2D eigenvalue weighted by Crippen LogP contribution is 2.25. The van der Waals surface area contributed by atoms with Crippen molar-refractivity contribution in [2.75, 3.05) is 5.32 Å². The largest absolute Gasteiger partial charge is 0.481 e. The monoisotopic (exact) mass is 343 g/mol. The van der Waals surface area contributed by atoms with Crippen LogP contribution in [0.3, 0.4) is 0 Å². The van der Waals surface area contributed by atoms with Gasteiger partial charge in [-0.05, 0) is 46.3 Å². The maximum Gasteiger partial charge on any atom is 0.308 e. The van der Waals surface area contributed by atoms with Crippen molar-refractivity contribution in [3.8, 4) is 0 Å². The first kappa shape index (κ1) is 14.0. The Morgan fingerprint density at radius 1 is 1.32 bits per heavy atom. The molecule has 2 rings (SSSR count). The molecule has 1 heterocycles. The predicted molar refractivity (Wildman–Crippen MR) is 77.1 cm³/mol. The number of thiophene rings is 1. The smallest absolute Gasteiger partial charge is 0.308 e. The molecule has 0 aliphatic rings. The van der Waals surface area contributed by atoms with E-state index >= 15 is 0 Å². The molecule has 0 bridgehead atoms. The van der Waals surface area contributed by atoms with Gasteiger partial charge in [-0.3, -0.25) is 4.79 Å². The zero-order valence-corrected chi connectivity index (χ0v) is 12.2. The molecule has 0 unspecified atom stereocenters. The Kier molecular flexibility index (Phi) is 4.55. The molecule has 0 saturated carbocycles. The lowest BCUT2D eigenvalue weighted by Gasteiger charge is -2.07. The Balaban J connectivity index is 2.00. The van der Waals surface area contributed by atoms with E-state index in [1.807, 2.05) is 6.07 Å². The Labute approximate surface area is 122 Å². The first-order valence-electron chi connectivity index (χ1n) is 5.53. The van der Waals surface area contributed by atoms with E-state index < -0.39 is 5.97 Å². The molecule has 0 amide bonds. The summed E-state index contributed by atoms with van der Waals surface area (Å²) in [4.78, 5) is 12.4. The quantitative estimate of drug-likeness (QED) is 0.865. The van der Waals surface area contributed by atoms with Gasteiger partial charge in [0.05, 0.1) is 12.1 Å². The summed E-state index contributed by atoms with van der Waals surface area (Å²) in [5, 5.41) is 11.8. The van der Waals surface area contributed by atoms with Crippen molar-refractivity contribution in [3.63, 3.8) is 0 Å². The maximum atomic E-state index is 13.1. The number of carboxylic acids is 1. The van der Waals surface area contributed by atoms with E-state index in [9.17, 15) is 9.18 Å². The van der Waals surface area contributed by atoms with E-state index in [2.05, 4.69) is 21.2 Å². The van der Waals surface area contributed by atoms with Crippen LogP contribution in [0.4, 0.5) is 10.1 Å². The molecule has 0 saturated heterocycles. The van der Waals surface area contributed by atoms with Gasteiger partial charge in [0.2, 0.25) is 0 Å². The van der Waals surface area contributed by atoms with Crippen molar-refractivity contribution in [3.05, 3.63) is 50.4 Å². The fraction of sp³-hybridized carbons (Fsp3) is 0.154. The number of nitrogens with one attached hydrogen (secondary N) is 1. The first-order chi connectivity index (χ1) is 9.04. The van der Waals surface area contributed by atoms with Crippen LogP contribution < -0.4 is 5.32 Å². The van der Waals surface area contributed by atoms with Gasteiger partial charge in [0.15, 0.2) is 0 Å². The molecule has 0 aliphatic heterocycles. The van der Waals surface area contributed by atoms with Crippen LogP contribution in [-0.2, 0) is 17.8 Å². The summed E-state index contributed by atoms with van der Waals surface area (Å²) in [7, 11) is 0. The third kappa shape index (κ3) is 4.04. The number of halogens is 2. The molecule has 0 fully saturated rings. The van der Waals surface area contributed by atoms with Crippen LogP contribution >= 0.6 is 27.3 Å². The summed E-state index contributed by atoms with van der Waals surface area (Å²) < 4.78 is 13.9. The van der Waals surface area contributed by atoms with E-state index in [0.29, 0.717) is 12.2 Å². The van der Waals surface area contributed by atoms with Crippen LogP contribution in [0.2, 0.25) is 0 Å². The fourth-order valence-electron chi connectivity index (χ4n) is 1.58. The van der Waals surface area contributed by atoms with Gasteiger partial charge < -0.3 is 10.4 Å². The third-order valence-corrected chi connectivity index (χ3v) is 4.20. The molecule has 2 N–H and O–H groups in total. The minimum atomic E-state index is -0.839. The van der Waals surface area contributed by atoms with Gasteiger partial charge in [0, 0.05) is 20.8 Å². The number of rotatable bonds is 5. The molecule has 0 atom stereocenters. The fourth-order valence-corrected chi connectivity index (χ4v) is 2.91. The molecule has 19 heavy (non-hydrogen) atoms. The number of hydrogen-bond donors (Lipinski definition) is 2. The SMILES string of the molecule is O=C(O)Cc1ccc(CNc2cc(F)ccc2Br)s1. The van der Waals surface area contributed by atoms with Gasteiger partial charge in [-0.1, -0.05) is 0 Å². The molecule has 0 radical (unpaired) electrons. The number of aliphatic carboxylic acids is 1. The molecule has 1 aromatic carbocycles. The van der Waals surface area contributed by atoms with Crippen LogP contribution in [0, 0.1) is 5.82 Å². The van der Waals surface area contributed by atoms with E-state index in [1.54, 1.807) is 12.1 Å². The molecule has 0 aliphatic carbocycles. The number of benzene rings is 1. The molecule has 6 heteroatoms. The van der Waals surface area contributed by atoms with Crippen molar-refractivity contribution in [1.29, 1.82) is 0 Å². The topological polar surface area (TPSA) is 49.3 Å². The van der Waals surface area contributed by atoms with Gasteiger partial charge in [-0.2, -0.15) is 0 Å². The standard InChI is InChI=1S/C13H11BrFNO2S/c14-11-4-1-8(15)5-12(11)16-7-10-3-2-9(19-10)6-13(17)18/h1-5,16H,6-7H2,(H,17,18). The lowest BCUT2D eigenvalue weighted by Crippen LogP contribution is -1.99. The van der Waals surface area contributed by atoms with Gasteiger partial charge in [0.1, 0.15) is 5.82 Å². The molecular formula is C13H11BrFNO2S. The van der Waals surface area contributed by atoms with E-state index in [1.165, 1.54) is 23.5 Å². The highest BCUT2D eigenvalue weighted by Gasteiger charge is 2.06. The summed E-state index contributed by atoms with van der Waals surface area (Å²) in [5.74, 6) is -1.14. The van der Waals surface area contributed by atoms with Gasteiger partial charge in [-0.15, -0.1) is 11.3 Å². The molecule has 3 nitrogen and oxygen atoms in total. The van der Waals surface area contributed by atoms with Crippen molar-refractivity contribution in [2.24, 2.45) is 0 Å². The Morgan fingerprint density at radius 3 is 2.79 bits per heavy atom. The van der Waals surface area contributed by atoms with Crippen LogP contribution in [0.15, 0.2) is 34.8 Å². The second-order valence-corrected chi connectivity index (χ2v) is 6.02. The molecule has 100 valence electrons. The van der Waals surface area contributed by atoms with Gasteiger partial charge in [-0.25, -0.2) is 4.39 Å². The lowest BCUT2D eigenvalue weighted by atomic mass is 10.3. The minimum absolute atomic E-state index is 0.0360. The number of carbonyl (C=O) groups is 1. The minimum Gasteiger partial charge on any atom is -0.481 e. The summed E-state index contributed by atoms with van der Waals surface area (Å²) in [6.07, 6.45) is 0.0360. The Morgan fingerprint density at radius 2 is 2.05 bits per heavy atom. The molecular weight excluding hydrogens is 333 g/mol. The van der Waals surface area contributed by atoms with Crippen molar-refractivity contribution >= 4 is 38.9 Å². The van der Waals surface area contributed by atoms with E-state index in [-0.39, 0.29) is 12.2 Å².